The molecule has 0 aliphatic heterocycles. The van der Waals surface area contributed by atoms with Crippen molar-refractivity contribution >= 4 is 20.0 Å². The van der Waals surface area contributed by atoms with Gasteiger partial charge in [0.1, 0.15) is 0 Å². The van der Waals surface area contributed by atoms with Crippen LogP contribution in [0.25, 0.3) is 0 Å². The zero-order chi connectivity index (χ0) is 12.2. The van der Waals surface area contributed by atoms with Crippen LogP contribution in [0.4, 0.5) is 0 Å². The standard InChI is InChI=1S/C8H18N2O4S2/c1-9-15(11,12)7-6-10-16(13,14)8-4-2-3-5-8/h8-10H,2-7H2,1H3. The average Bonchev–Trinajstić information content (AvgIpc) is 2.70. The molecule has 0 aromatic rings. The second kappa shape index (κ2) is 5.44. The molecule has 1 aliphatic rings. The largest absolute Gasteiger partial charge is 0.218 e. The van der Waals surface area contributed by atoms with E-state index in [4.69, 9.17) is 0 Å². The zero-order valence-electron chi connectivity index (χ0n) is 9.27. The maximum atomic E-state index is 11.7. The highest BCUT2D eigenvalue weighted by Gasteiger charge is 2.28. The molecule has 1 aliphatic carbocycles. The first-order chi connectivity index (χ1) is 7.37. The normalized spacial score (nSPS) is 19.1. The van der Waals surface area contributed by atoms with Gasteiger partial charge in [-0.1, -0.05) is 12.8 Å². The van der Waals surface area contributed by atoms with E-state index in [-0.39, 0.29) is 17.5 Å². The third-order valence-corrected chi connectivity index (χ3v) is 6.05. The van der Waals surface area contributed by atoms with Crippen molar-refractivity contribution in [1.29, 1.82) is 0 Å². The number of rotatable bonds is 6. The van der Waals surface area contributed by atoms with Crippen LogP contribution in [0, 0.1) is 0 Å². The monoisotopic (exact) mass is 270 g/mol. The maximum Gasteiger partial charge on any atom is 0.214 e. The van der Waals surface area contributed by atoms with Crippen LogP contribution in [0.1, 0.15) is 25.7 Å². The lowest BCUT2D eigenvalue weighted by Crippen LogP contribution is -2.37. The second-order valence-electron chi connectivity index (χ2n) is 3.87. The molecule has 0 heterocycles. The van der Waals surface area contributed by atoms with E-state index in [1.807, 2.05) is 0 Å². The molecule has 16 heavy (non-hydrogen) atoms. The molecule has 0 spiro atoms. The Kier molecular flexibility index (Phi) is 4.72. The van der Waals surface area contributed by atoms with E-state index >= 15 is 0 Å². The molecule has 0 aromatic carbocycles. The van der Waals surface area contributed by atoms with Crippen LogP contribution in [0.3, 0.4) is 0 Å². The molecule has 0 radical (unpaired) electrons. The summed E-state index contributed by atoms with van der Waals surface area (Å²) in [6.07, 6.45) is 3.21. The maximum absolute atomic E-state index is 11.7. The number of sulfonamides is 2. The van der Waals surface area contributed by atoms with Gasteiger partial charge in [0.2, 0.25) is 20.0 Å². The summed E-state index contributed by atoms with van der Waals surface area (Å²) in [4.78, 5) is 0. The molecular formula is C8H18N2O4S2. The van der Waals surface area contributed by atoms with Gasteiger partial charge in [0.05, 0.1) is 11.0 Å². The van der Waals surface area contributed by atoms with E-state index in [1.54, 1.807) is 0 Å². The summed E-state index contributed by atoms with van der Waals surface area (Å²) in [6, 6.07) is 0. The Bertz CT molecular complexity index is 409. The van der Waals surface area contributed by atoms with Crippen molar-refractivity contribution in [2.45, 2.75) is 30.9 Å². The number of hydrogen-bond acceptors (Lipinski definition) is 4. The Morgan fingerprint density at radius 3 is 2.19 bits per heavy atom. The lowest BCUT2D eigenvalue weighted by atomic mass is 10.4. The molecule has 1 saturated carbocycles. The van der Waals surface area contributed by atoms with Crippen LogP contribution in [0.15, 0.2) is 0 Å². The van der Waals surface area contributed by atoms with Crippen LogP contribution >= 0.6 is 0 Å². The Morgan fingerprint density at radius 2 is 1.69 bits per heavy atom. The van der Waals surface area contributed by atoms with Crippen LogP contribution in [-0.2, 0) is 20.0 Å². The van der Waals surface area contributed by atoms with Crippen molar-refractivity contribution in [3.63, 3.8) is 0 Å². The molecule has 0 saturated heterocycles. The summed E-state index contributed by atoms with van der Waals surface area (Å²) < 4.78 is 50.0. The molecule has 0 amide bonds. The quantitative estimate of drug-likeness (QED) is 0.674. The highest BCUT2D eigenvalue weighted by atomic mass is 32.2. The van der Waals surface area contributed by atoms with Gasteiger partial charge in [-0.15, -0.1) is 0 Å². The van der Waals surface area contributed by atoms with Gasteiger partial charge in [-0.25, -0.2) is 26.3 Å². The van der Waals surface area contributed by atoms with Gasteiger partial charge in [0.25, 0.3) is 0 Å². The zero-order valence-corrected chi connectivity index (χ0v) is 10.9. The first kappa shape index (κ1) is 13.9. The minimum absolute atomic E-state index is 0.0675. The van der Waals surface area contributed by atoms with Crippen molar-refractivity contribution in [3.05, 3.63) is 0 Å². The SMILES string of the molecule is CNS(=O)(=O)CCNS(=O)(=O)C1CCCC1. The van der Waals surface area contributed by atoms with Gasteiger partial charge in [0.15, 0.2) is 0 Å². The number of hydrogen-bond donors (Lipinski definition) is 2. The highest BCUT2D eigenvalue weighted by Crippen LogP contribution is 2.23. The third-order valence-electron chi connectivity index (χ3n) is 2.73. The molecule has 2 N–H and O–H groups in total. The summed E-state index contributed by atoms with van der Waals surface area (Å²) in [5, 5.41) is -0.343. The molecule has 0 unspecified atom stereocenters. The molecule has 0 aromatic heterocycles. The van der Waals surface area contributed by atoms with Crippen molar-refractivity contribution in [3.8, 4) is 0 Å². The minimum atomic E-state index is -3.34. The molecule has 0 atom stereocenters. The molecular weight excluding hydrogens is 252 g/mol. The van der Waals surface area contributed by atoms with Gasteiger partial charge in [-0.2, -0.15) is 0 Å². The Hall–Kier alpha value is -0.180. The molecule has 6 nitrogen and oxygen atoms in total. The van der Waals surface area contributed by atoms with Crippen LogP contribution in [0.5, 0.6) is 0 Å². The molecule has 1 fully saturated rings. The minimum Gasteiger partial charge on any atom is -0.218 e. The topological polar surface area (TPSA) is 92.3 Å². The average molecular weight is 270 g/mol. The predicted molar refractivity (Wildman–Crippen MR) is 62.0 cm³/mol. The smallest absolute Gasteiger partial charge is 0.214 e. The Labute approximate surface area is 96.9 Å². The van der Waals surface area contributed by atoms with Crippen LogP contribution < -0.4 is 9.44 Å². The molecule has 96 valence electrons. The van der Waals surface area contributed by atoms with E-state index in [0.29, 0.717) is 12.8 Å². The first-order valence-corrected chi connectivity index (χ1v) is 8.47. The van der Waals surface area contributed by atoms with E-state index in [0.717, 1.165) is 12.8 Å². The fourth-order valence-electron chi connectivity index (χ4n) is 1.74. The second-order valence-corrected chi connectivity index (χ2v) is 7.96. The summed E-state index contributed by atoms with van der Waals surface area (Å²) in [5.74, 6) is -0.227. The van der Waals surface area contributed by atoms with Crippen LogP contribution in [-0.4, -0.2) is 41.4 Å². The van der Waals surface area contributed by atoms with E-state index in [1.165, 1.54) is 7.05 Å². The third kappa shape index (κ3) is 4.00. The summed E-state index contributed by atoms with van der Waals surface area (Å²) >= 11 is 0. The van der Waals surface area contributed by atoms with E-state index in [9.17, 15) is 16.8 Å². The lowest BCUT2D eigenvalue weighted by molar-refractivity contribution is 0.565. The Morgan fingerprint density at radius 1 is 1.12 bits per heavy atom. The number of nitrogens with one attached hydrogen (secondary N) is 2. The van der Waals surface area contributed by atoms with E-state index < -0.39 is 20.0 Å². The summed E-state index contributed by atoms with van der Waals surface area (Å²) in [7, 11) is -5.37. The first-order valence-electron chi connectivity index (χ1n) is 5.27. The molecule has 0 bridgehead atoms. The summed E-state index contributed by atoms with van der Waals surface area (Å²) in [6.45, 7) is -0.0675. The van der Waals surface area contributed by atoms with Gasteiger partial charge in [-0.05, 0) is 19.9 Å². The summed E-state index contributed by atoms with van der Waals surface area (Å²) in [5.41, 5.74) is 0. The fourth-order valence-corrected chi connectivity index (χ4v) is 4.02. The van der Waals surface area contributed by atoms with Gasteiger partial charge >= 0.3 is 0 Å². The fraction of sp³-hybridized carbons (Fsp3) is 1.00. The molecule has 8 heteroatoms. The van der Waals surface area contributed by atoms with Crippen molar-refractivity contribution in [1.82, 2.24) is 9.44 Å². The van der Waals surface area contributed by atoms with Gasteiger partial charge < -0.3 is 0 Å². The van der Waals surface area contributed by atoms with Crippen molar-refractivity contribution in [2.75, 3.05) is 19.3 Å². The predicted octanol–water partition coefficient (Wildman–Crippen LogP) is -0.602. The van der Waals surface area contributed by atoms with Crippen LogP contribution in [0.2, 0.25) is 0 Å². The molecule has 1 rings (SSSR count). The van der Waals surface area contributed by atoms with Gasteiger partial charge in [-0.3, -0.25) is 0 Å². The lowest BCUT2D eigenvalue weighted by Gasteiger charge is -2.12. The van der Waals surface area contributed by atoms with Crippen molar-refractivity contribution < 1.29 is 16.8 Å². The Balaban J connectivity index is 2.43. The van der Waals surface area contributed by atoms with Gasteiger partial charge in [0, 0.05) is 6.54 Å². The van der Waals surface area contributed by atoms with E-state index in [2.05, 4.69) is 9.44 Å². The van der Waals surface area contributed by atoms with Crippen molar-refractivity contribution in [2.24, 2.45) is 0 Å². The highest BCUT2D eigenvalue weighted by molar-refractivity contribution is 7.90.